The Morgan fingerprint density at radius 3 is 2.63 bits per heavy atom. The van der Waals surface area contributed by atoms with E-state index < -0.39 is 11.2 Å². The summed E-state index contributed by atoms with van der Waals surface area (Å²) in [5.41, 5.74) is 2.55. The number of hydrogen-bond acceptors (Lipinski definition) is 4. The van der Waals surface area contributed by atoms with Crippen LogP contribution in [-0.4, -0.2) is 48.5 Å². The molecule has 1 aliphatic heterocycles. The lowest BCUT2D eigenvalue weighted by Gasteiger charge is -2.43. The highest BCUT2D eigenvalue weighted by atomic mass is 79.9. The van der Waals surface area contributed by atoms with E-state index in [-0.39, 0.29) is 12.0 Å². The van der Waals surface area contributed by atoms with Gasteiger partial charge in [0.15, 0.2) is 0 Å². The van der Waals surface area contributed by atoms with E-state index in [1.54, 1.807) is 12.0 Å². The summed E-state index contributed by atoms with van der Waals surface area (Å²) in [6.07, 6.45) is 3.68. The van der Waals surface area contributed by atoms with E-state index in [0.29, 0.717) is 26.1 Å². The summed E-state index contributed by atoms with van der Waals surface area (Å²) in [6.45, 7) is 9.51. The molecule has 3 rings (SSSR count). The molecule has 35 heavy (non-hydrogen) atoms. The molecule has 1 amide bonds. The molecule has 1 aliphatic rings. The van der Waals surface area contributed by atoms with Crippen molar-refractivity contribution in [3.8, 4) is 11.1 Å². The van der Waals surface area contributed by atoms with Crippen molar-refractivity contribution in [3.63, 3.8) is 0 Å². The van der Waals surface area contributed by atoms with Crippen LogP contribution in [0.3, 0.4) is 0 Å². The van der Waals surface area contributed by atoms with Crippen molar-refractivity contribution in [2.45, 2.75) is 71.0 Å². The van der Waals surface area contributed by atoms with Gasteiger partial charge in [0.2, 0.25) is 0 Å². The molecule has 0 aromatic heterocycles. The Kier molecular flexibility index (Phi) is 9.41. The summed E-state index contributed by atoms with van der Waals surface area (Å²) in [5.74, 6) is -0.101. The summed E-state index contributed by atoms with van der Waals surface area (Å²) in [4.78, 5) is 14.7. The summed E-state index contributed by atoms with van der Waals surface area (Å²) < 4.78 is 11.9. The van der Waals surface area contributed by atoms with Crippen molar-refractivity contribution in [2.24, 2.45) is 5.92 Å². The molecule has 0 spiro atoms. The lowest BCUT2D eigenvalue weighted by molar-refractivity contribution is -0.0638. The number of aliphatic hydroxyl groups is 1. The summed E-state index contributed by atoms with van der Waals surface area (Å²) in [5, 5.41) is 12.5. The molecule has 192 valence electrons. The van der Waals surface area contributed by atoms with Gasteiger partial charge in [-0.2, -0.15) is 0 Å². The number of halogens is 1. The maximum Gasteiger partial charge on any atom is 0.410 e. The molecule has 1 heterocycles. The first-order valence-electron chi connectivity index (χ1n) is 12.6. The first-order valence-corrected chi connectivity index (χ1v) is 13.4. The molecule has 0 aliphatic carbocycles. The van der Waals surface area contributed by atoms with Crippen molar-refractivity contribution in [2.75, 3.05) is 26.8 Å². The number of ether oxygens (including phenoxy) is 2. The molecule has 2 aromatic carbocycles. The van der Waals surface area contributed by atoms with E-state index in [1.807, 2.05) is 32.9 Å². The van der Waals surface area contributed by atoms with E-state index in [4.69, 9.17) is 9.47 Å². The second-order valence-electron chi connectivity index (χ2n) is 10.7. The quantitative estimate of drug-likeness (QED) is 0.360. The van der Waals surface area contributed by atoms with Gasteiger partial charge in [-0.05, 0) is 88.6 Å². The maximum absolute atomic E-state index is 12.9. The molecule has 1 fully saturated rings. The number of methoxy groups -OCH3 is 1. The molecule has 2 atom stereocenters. The van der Waals surface area contributed by atoms with Crippen LogP contribution in [-0.2, 0) is 15.1 Å². The third-order valence-electron chi connectivity index (χ3n) is 6.68. The zero-order valence-corrected chi connectivity index (χ0v) is 23.4. The van der Waals surface area contributed by atoms with Gasteiger partial charge in [-0.3, -0.25) is 0 Å². The highest BCUT2D eigenvalue weighted by molar-refractivity contribution is 9.10. The molecule has 5 nitrogen and oxygen atoms in total. The van der Waals surface area contributed by atoms with Gasteiger partial charge in [0.05, 0.1) is 5.60 Å². The highest BCUT2D eigenvalue weighted by Crippen LogP contribution is 2.44. The molecule has 2 aromatic rings. The molecule has 1 saturated heterocycles. The lowest BCUT2D eigenvalue weighted by Crippen LogP contribution is -2.49. The van der Waals surface area contributed by atoms with Gasteiger partial charge in [0.25, 0.3) is 0 Å². The van der Waals surface area contributed by atoms with Crippen LogP contribution in [0.25, 0.3) is 11.1 Å². The van der Waals surface area contributed by atoms with E-state index >= 15 is 0 Å². The molecule has 0 saturated carbocycles. The first kappa shape index (κ1) is 27.7. The minimum atomic E-state index is -1.09. The maximum atomic E-state index is 12.9. The SMILES string of the molecule is COCCCC[C@@](O)(c1ccc(Br)cc1-c1cccc(C)c1)C1CCCN(C(=O)OC(C)(C)C)C1. The molecule has 6 heteroatoms. The summed E-state index contributed by atoms with van der Waals surface area (Å²) >= 11 is 3.64. The summed E-state index contributed by atoms with van der Waals surface area (Å²) in [7, 11) is 1.70. The molecule has 1 N–H and O–H groups in total. The topological polar surface area (TPSA) is 59.0 Å². The fourth-order valence-electron chi connectivity index (χ4n) is 5.00. The van der Waals surface area contributed by atoms with E-state index in [1.165, 1.54) is 5.56 Å². The number of piperidine rings is 1. The van der Waals surface area contributed by atoms with Gasteiger partial charge >= 0.3 is 6.09 Å². The highest BCUT2D eigenvalue weighted by Gasteiger charge is 2.43. The zero-order chi connectivity index (χ0) is 25.6. The van der Waals surface area contributed by atoms with Crippen LogP contribution in [0.2, 0.25) is 0 Å². The largest absolute Gasteiger partial charge is 0.444 e. The number of carbonyl (C=O) groups excluding carboxylic acids is 1. The van der Waals surface area contributed by atoms with Crippen LogP contribution in [0.5, 0.6) is 0 Å². The lowest BCUT2D eigenvalue weighted by atomic mass is 9.72. The Bertz CT molecular complexity index is 1000. The molecule has 1 unspecified atom stereocenters. The number of amides is 1. The first-order chi connectivity index (χ1) is 16.5. The van der Waals surface area contributed by atoms with E-state index in [2.05, 4.69) is 53.2 Å². The van der Waals surface area contributed by atoms with Crippen molar-refractivity contribution in [1.29, 1.82) is 0 Å². The van der Waals surface area contributed by atoms with Crippen molar-refractivity contribution < 1.29 is 19.4 Å². The number of benzene rings is 2. The number of aryl methyl sites for hydroxylation is 1. The predicted octanol–water partition coefficient (Wildman–Crippen LogP) is 7.08. The summed E-state index contributed by atoms with van der Waals surface area (Å²) in [6, 6.07) is 14.5. The fourth-order valence-corrected chi connectivity index (χ4v) is 5.37. The van der Waals surface area contributed by atoms with Gasteiger partial charge in [-0.15, -0.1) is 0 Å². The number of carbonyl (C=O) groups is 1. The second-order valence-corrected chi connectivity index (χ2v) is 11.6. The third kappa shape index (κ3) is 7.31. The zero-order valence-electron chi connectivity index (χ0n) is 21.8. The Morgan fingerprint density at radius 2 is 1.94 bits per heavy atom. The van der Waals surface area contributed by atoms with Crippen molar-refractivity contribution >= 4 is 22.0 Å². The average molecular weight is 547 g/mol. The van der Waals surface area contributed by atoms with E-state index in [0.717, 1.165) is 46.8 Å². The van der Waals surface area contributed by atoms with Crippen LogP contribution in [0.4, 0.5) is 4.79 Å². The number of hydrogen-bond donors (Lipinski definition) is 1. The minimum absolute atomic E-state index is 0.101. The number of nitrogens with zero attached hydrogens (tertiary/aromatic N) is 1. The van der Waals surface area contributed by atoms with Crippen LogP contribution in [0, 0.1) is 12.8 Å². The van der Waals surface area contributed by atoms with Crippen molar-refractivity contribution in [1.82, 2.24) is 4.90 Å². The smallest absolute Gasteiger partial charge is 0.410 e. The normalized spacial score (nSPS) is 18.3. The fraction of sp³-hybridized carbons (Fsp3) is 0.552. The monoisotopic (exact) mass is 545 g/mol. The van der Waals surface area contributed by atoms with Crippen molar-refractivity contribution in [3.05, 3.63) is 58.1 Å². The number of unbranched alkanes of at least 4 members (excludes halogenated alkanes) is 1. The Balaban J connectivity index is 2.01. The van der Waals surface area contributed by atoms with Gasteiger partial charge < -0.3 is 19.5 Å². The van der Waals surface area contributed by atoms with Crippen LogP contribution in [0.1, 0.15) is 64.0 Å². The van der Waals surface area contributed by atoms with Crippen LogP contribution in [0.15, 0.2) is 46.9 Å². The second kappa shape index (κ2) is 11.9. The molecular weight excluding hydrogens is 506 g/mol. The average Bonchev–Trinajstić information content (AvgIpc) is 2.80. The van der Waals surface area contributed by atoms with Crippen LogP contribution >= 0.6 is 15.9 Å². The predicted molar refractivity (Wildman–Crippen MR) is 144 cm³/mol. The number of rotatable bonds is 8. The molecule has 0 radical (unpaired) electrons. The molecule has 0 bridgehead atoms. The van der Waals surface area contributed by atoms with Gasteiger partial charge in [0, 0.05) is 37.2 Å². The van der Waals surface area contributed by atoms with Crippen LogP contribution < -0.4 is 0 Å². The Labute approximate surface area is 218 Å². The van der Waals surface area contributed by atoms with Gasteiger partial charge in [-0.25, -0.2) is 4.79 Å². The minimum Gasteiger partial charge on any atom is -0.444 e. The number of likely N-dealkylation sites (tertiary alicyclic amines) is 1. The Morgan fingerprint density at radius 1 is 1.17 bits per heavy atom. The van der Waals surface area contributed by atoms with Gasteiger partial charge in [-0.1, -0.05) is 51.8 Å². The third-order valence-corrected chi connectivity index (χ3v) is 7.18. The molecular formula is C29H40BrNO4. The standard InChI is InChI=1S/C29H40BrNO4/c1-21-10-8-11-22(18-21)25-19-24(30)13-14-26(25)29(33,15-6-7-17-34-5)23-12-9-16-31(20-23)27(32)35-28(2,3)4/h8,10-11,13-14,18-19,23,33H,6-7,9,12,15-17,20H2,1-5H3/t23?,29-/m0/s1. The Hall–Kier alpha value is -1.89. The van der Waals surface area contributed by atoms with E-state index in [9.17, 15) is 9.90 Å². The van der Waals surface area contributed by atoms with Gasteiger partial charge in [0.1, 0.15) is 5.60 Å².